The molecule has 1 amide bonds. The molecule has 1 heterocycles. The lowest BCUT2D eigenvalue weighted by atomic mass is 10.1. The van der Waals surface area contributed by atoms with Crippen LogP contribution in [0.25, 0.3) is 10.8 Å². The Morgan fingerprint density at radius 3 is 2.59 bits per heavy atom. The van der Waals surface area contributed by atoms with Crippen LogP contribution < -0.4 is 10.1 Å². The Morgan fingerprint density at radius 1 is 1.12 bits per heavy atom. The third kappa shape index (κ3) is 4.02. The van der Waals surface area contributed by atoms with Crippen LogP contribution in [0.5, 0.6) is 5.75 Å². The average molecular weight is 455 g/mol. The summed E-state index contributed by atoms with van der Waals surface area (Å²) in [6.07, 6.45) is 0.913. The lowest BCUT2D eigenvalue weighted by molar-refractivity contribution is -0.384. The third-order valence-corrected chi connectivity index (χ3v) is 7.39. The van der Waals surface area contributed by atoms with Crippen molar-refractivity contribution in [2.75, 3.05) is 19.0 Å². The van der Waals surface area contributed by atoms with Crippen LogP contribution in [0.2, 0.25) is 0 Å². The van der Waals surface area contributed by atoms with Crippen molar-refractivity contribution < 1.29 is 22.9 Å². The summed E-state index contributed by atoms with van der Waals surface area (Å²) in [4.78, 5) is 23.5. The van der Waals surface area contributed by atoms with Crippen LogP contribution >= 0.6 is 0 Å². The van der Waals surface area contributed by atoms with Crippen molar-refractivity contribution in [3.8, 4) is 5.75 Å². The van der Waals surface area contributed by atoms with Crippen LogP contribution in [0.15, 0.2) is 65.6 Å². The molecule has 1 N–H and O–H groups in total. The Hall–Kier alpha value is -3.50. The van der Waals surface area contributed by atoms with E-state index < -0.39 is 26.9 Å². The first-order valence-electron chi connectivity index (χ1n) is 9.95. The third-order valence-electron chi connectivity index (χ3n) is 5.49. The van der Waals surface area contributed by atoms with Crippen molar-refractivity contribution in [3.05, 3.63) is 70.8 Å². The monoisotopic (exact) mass is 455 g/mol. The number of nitrogens with zero attached hydrogens (tertiary/aromatic N) is 2. The van der Waals surface area contributed by atoms with E-state index in [1.54, 1.807) is 18.2 Å². The van der Waals surface area contributed by atoms with Gasteiger partial charge in [-0.3, -0.25) is 14.9 Å². The number of carbonyl (C=O) groups is 1. The molecule has 32 heavy (non-hydrogen) atoms. The molecule has 9 nitrogen and oxygen atoms in total. The number of carbonyl (C=O) groups excluding carboxylic acids is 1. The minimum atomic E-state index is -3.90. The van der Waals surface area contributed by atoms with E-state index in [9.17, 15) is 23.3 Å². The molecule has 0 aliphatic carbocycles. The highest BCUT2D eigenvalue weighted by atomic mass is 32.2. The molecule has 0 aromatic heterocycles. The minimum absolute atomic E-state index is 0.120. The van der Waals surface area contributed by atoms with Gasteiger partial charge in [0, 0.05) is 12.6 Å². The predicted molar refractivity (Wildman–Crippen MR) is 119 cm³/mol. The highest BCUT2D eigenvalue weighted by molar-refractivity contribution is 7.89. The van der Waals surface area contributed by atoms with E-state index in [-0.39, 0.29) is 28.6 Å². The second-order valence-corrected chi connectivity index (χ2v) is 9.30. The maximum Gasteiger partial charge on any atom is 0.273 e. The summed E-state index contributed by atoms with van der Waals surface area (Å²) < 4.78 is 33.0. The number of rotatable bonds is 6. The number of ether oxygens (including phenoxy) is 1. The number of benzene rings is 3. The number of nitrogens with one attached hydrogen (secondary N) is 1. The molecule has 1 saturated heterocycles. The fourth-order valence-corrected chi connectivity index (χ4v) is 5.56. The number of hydrogen-bond donors (Lipinski definition) is 1. The van der Waals surface area contributed by atoms with E-state index in [0.717, 1.165) is 10.8 Å². The molecule has 4 rings (SSSR count). The van der Waals surface area contributed by atoms with E-state index >= 15 is 0 Å². The van der Waals surface area contributed by atoms with Gasteiger partial charge in [-0.05, 0) is 41.8 Å². The van der Waals surface area contributed by atoms with Crippen LogP contribution in [-0.2, 0) is 14.8 Å². The number of nitro benzene ring substituents is 1. The lowest BCUT2D eigenvalue weighted by Crippen LogP contribution is -2.43. The van der Waals surface area contributed by atoms with Gasteiger partial charge in [-0.1, -0.05) is 30.3 Å². The zero-order valence-corrected chi connectivity index (χ0v) is 18.0. The van der Waals surface area contributed by atoms with Gasteiger partial charge in [0.15, 0.2) is 0 Å². The van der Waals surface area contributed by atoms with Crippen LogP contribution in [0.1, 0.15) is 12.8 Å². The minimum Gasteiger partial charge on any atom is -0.494 e. The zero-order chi connectivity index (χ0) is 22.9. The molecule has 10 heteroatoms. The van der Waals surface area contributed by atoms with Crippen LogP contribution in [0, 0.1) is 10.1 Å². The summed E-state index contributed by atoms with van der Waals surface area (Å²) in [5.41, 5.74) is 0.0549. The zero-order valence-electron chi connectivity index (χ0n) is 17.2. The van der Waals surface area contributed by atoms with Crippen molar-refractivity contribution in [2.24, 2.45) is 0 Å². The van der Waals surface area contributed by atoms with Crippen molar-refractivity contribution in [2.45, 2.75) is 23.8 Å². The number of sulfonamides is 1. The molecule has 0 bridgehead atoms. The summed E-state index contributed by atoms with van der Waals surface area (Å²) in [7, 11) is -2.56. The van der Waals surface area contributed by atoms with E-state index in [4.69, 9.17) is 4.74 Å². The second kappa shape index (κ2) is 8.56. The SMILES string of the molecule is COc1cc([N+](=O)[O-])ccc1NC(=O)[C@H]1CCCN1S(=O)(=O)c1ccc2ccccc2c1. The fraction of sp³-hybridized carbons (Fsp3) is 0.227. The van der Waals surface area contributed by atoms with E-state index in [1.165, 1.54) is 29.6 Å². The second-order valence-electron chi connectivity index (χ2n) is 7.41. The molecular formula is C22H21N3O6S. The normalized spacial score (nSPS) is 16.7. The smallest absolute Gasteiger partial charge is 0.273 e. The van der Waals surface area contributed by atoms with E-state index in [2.05, 4.69) is 5.32 Å². The Morgan fingerprint density at radius 2 is 1.88 bits per heavy atom. The molecule has 1 aliphatic heterocycles. The molecular weight excluding hydrogens is 434 g/mol. The van der Waals surface area contributed by atoms with Crippen molar-refractivity contribution in [3.63, 3.8) is 0 Å². The molecule has 166 valence electrons. The maximum atomic E-state index is 13.3. The molecule has 1 fully saturated rings. The fourth-order valence-electron chi connectivity index (χ4n) is 3.87. The Kier molecular flexibility index (Phi) is 5.81. The van der Waals surface area contributed by atoms with Gasteiger partial charge in [-0.25, -0.2) is 8.42 Å². The number of anilines is 1. The van der Waals surface area contributed by atoms with Gasteiger partial charge in [-0.2, -0.15) is 4.31 Å². The van der Waals surface area contributed by atoms with Crippen molar-refractivity contribution in [1.82, 2.24) is 4.31 Å². The molecule has 1 aliphatic rings. The number of non-ortho nitro benzene ring substituents is 1. The summed E-state index contributed by atoms with van der Waals surface area (Å²) in [5, 5.41) is 15.4. The first kappa shape index (κ1) is 21.7. The highest BCUT2D eigenvalue weighted by Crippen LogP contribution is 2.32. The number of amides is 1. The largest absolute Gasteiger partial charge is 0.494 e. The average Bonchev–Trinajstić information content (AvgIpc) is 3.30. The summed E-state index contributed by atoms with van der Waals surface area (Å²) in [6, 6.07) is 15.3. The standard InChI is InChI=1S/C22H21N3O6S/c1-31-21-14-17(25(27)28)9-11-19(21)23-22(26)20-7-4-12-24(20)32(29,30)18-10-8-15-5-2-3-6-16(15)13-18/h2-3,5-6,8-11,13-14,20H,4,7,12H2,1H3,(H,23,26)/t20-/m1/s1. The van der Waals surface area contributed by atoms with Gasteiger partial charge in [-0.15, -0.1) is 0 Å². The van der Waals surface area contributed by atoms with E-state index in [0.29, 0.717) is 12.8 Å². The van der Waals surface area contributed by atoms with Gasteiger partial charge in [0.1, 0.15) is 11.8 Å². The Labute approximate surface area is 184 Å². The molecule has 0 unspecified atom stereocenters. The van der Waals surface area contributed by atoms with Crippen LogP contribution in [0.4, 0.5) is 11.4 Å². The molecule has 3 aromatic carbocycles. The maximum absolute atomic E-state index is 13.3. The topological polar surface area (TPSA) is 119 Å². The number of methoxy groups -OCH3 is 1. The molecule has 1 atom stereocenters. The highest BCUT2D eigenvalue weighted by Gasteiger charge is 2.39. The number of nitro groups is 1. The summed E-state index contributed by atoms with van der Waals surface area (Å²) in [6.45, 7) is 0.227. The van der Waals surface area contributed by atoms with Gasteiger partial charge in [0.05, 0.1) is 28.7 Å². The quantitative estimate of drug-likeness (QED) is 0.448. The van der Waals surface area contributed by atoms with E-state index in [1.807, 2.05) is 24.3 Å². The summed E-state index contributed by atoms with van der Waals surface area (Å²) in [5.74, 6) is -0.395. The van der Waals surface area contributed by atoms with Crippen molar-refractivity contribution >= 4 is 38.1 Å². The van der Waals surface area contributed by atoms with Gasteiger partial charge >= 0.3 is 0 Å². The Bertz CT molecular complexity index is 1310. The molecule has 3 aromatic rings. The van der Waals surface area contributed by atoms with Gasteiger partial charge in [0.2, 0.25) is 15.9 Å². The lowest BCUT2D eigenvalue weighted by Gasteiger charge is -2.24. The van der Waals surface area contributed by atoms with Crippen LogP contribution in [0.3, 0.4) is 0 Å². The van der Waals surface area contributed by atoms with Gasteiger partial charge in [0.25, 0.3) is 5.69 Å². The first-order chi connectivity index (χ1) is 15.3. The molecule has 0 saturated carbocycles. The molecule has 0 spiro atoms. The van der Waals surface area contributed by atoms with Crippen LogP contribution in [-0.4, -0.2) is 43.2 Å². The number of hydrogen-bond acceptors (Lipinski definition) is 6. The first-order valence-corrected chi connectivity index (χ1v) is 11.4. The summed E-state index contributed by atoms with van der Waals surface area (Å²) >= 11 is 0. The molecule has 0 radical (unpaired) electrons. The predicted octanol–water partition coefficient (Wildman–Crippen LogP) is 3.55. The Balaban J connectivity index is 1.60. The van der Waals surface area contributed by atoms with Gasteiger partial charge < -0.3 is 10.1 Å². The number of fused-ring (bicyclic) bond motifs is 1. The van der Waals surface area contributed by atoms with Crippen molar-refractivity contribution in [1.29, 1.82) is 0 Å².